The molecule has 3 saturated heterocycles. The molecule has 0 spiro atoms. The number of pyridine rings is 1. The highest BCUT2D eigenvalue weighted by Crippen LogP contribution is 2.38. The monoisotopic (exact) mass is 919 g/mol. The number of hydrogen-bond acceptors (Lipinski definition) is 13. The fraction of sp³-hybridized carbons (Fsp3) is 0.391. The third-order valence-corrected chi connectivity index (χ3v) is 14.1. The molecular weight excluding hydrogens is 873 g/mol. The smallest absolute Gasteiger partial charge is 0.255 e. The molecule has 5 aromatic rings. The number of piperidine rings is 2. The Bertz CT molecular complexity index is 2720. The molecule has 3 aromatic heterocycles. The summed E-state index contributed by atoms with van der Waals surface area (Å²) in [5, 5.41) is 21.7. The van der Waals surface area contributed by atoms with E-state index in [1.54, 1.807) is 47.2 Å². The van der Waals surface area contributed by atoms with Crippen LogP contribution in [0.3, 0.4) is 0 Å². The maximum Gasteiger partial charge on any atom is 0.255 e. The minimum atomic E-state index is -1.23. The van der Waals surface area contributed by atoms with Crippen LogP contribution in [0.15, 0.2) is 66.6 Å². The van der Waals surface area contributed by atoms with E-state index in [1.165, 1.54) is 28.4 Å². The van der Waals surface area contributed by atoms with E-state index in [0.29, 0.717) is 91.3 Å². The van der Waals surface area contributed by atoms with Crippen LogP contribution in [0.5, 0.6) is 0 Å². The van der Waals surface area contributed by atoms with Gasteiger partial charge in [-0.3, -0.25) is 34.6 Å². The summed E-state index contributed by atoms with van der Waals surface area (Å²) < 4.78 is 33.2. The molecule has 342 valence electrons. The Labute approximate surface area is 381 Å². The molecule has 4 N–H and O–H groups in total. The number of anilines is 4. The molecule has 8 heterocycles. The molecule has 2 atom stereocenters. The molecule has 0 saturated carbocycles. The number of nitrogens with one attached hydrogen (secondary N) is 3. The molecule has 3 fully saturated rings. The van der Waals surface area contributed by atoms with Crippen molar-refractivity contribution in [2.75, 3.05) is 59.7 Å². The standard InChI is InChI=1S/C46H47F2N11O6S/c47-32-21-28(20-30-31(32)25-59(44(30)64)41(43(63)54-45-49-11-19-66-45)40-36-2-1-12-58(36)26-51-40)27-3-7-37(50-24-27)56-15-17-57(18-16-56)39(61)23-46(65)9-13-55(14-10-46)35-6-4-29(22-33(35)48)52-34-5-8-38(60)53-42(34)62/h3-4,6-7,11,19-22,24,26,34,41,52,65H,1-2,5,8-10,12-18,23,25H2,(H,49,54,63)(H,53,60,62)/t34-,41?/m1/s1. The number of nitrogens with zero attached hydrogens (tertiary/aromatic N) is 8. The number of aryl methyl sites for hydroxylation is 1. The molecular formula is C46H47F2N11O6S. The lowest BCUT2D eigenvalue weighted by molar-refractivity contribution is -0.138. The van der Waals surface area contributed by atoms with Crippen LogP contribution in [0, 0.1) is 11.6 Å². The molecule has 20 heteroatoms. The molecule has 5 aliphatic heterocycles. The maximum absolute atomic E-state index is 15.9. The molecule has 1 unspecified atom stereocenters. The number of rotatable bonds is 11. The van der Waals surface area contributed by atoms with Crippen molar-refractivity contribution in [2.45, 2.75) is 75.7 Å². The van der Waals surface area contributed by atoms with Gasteiger partial charge in [0.25, 0.3) is 11.8 Å². The fourth-order valence-corrected chi connectivity index (χ4v) is 10.2. The van der Waals surface area contributed by atoms with Crippen LogP contribution in [-0.4, -0.2) is 115 Å². The quantitative estimate of drug-likeness (QED) is 0.138. The molecule has 5 aliphatic rings. The van der Waals surface area contributed by atoms with E-state index in [2.05, 4.69) is 35.8 Å². The predicted octanol–water partition coefficient (Wildman–Crippen LogP) is 4.25. The summed E-state index contributed by atoms with van der Waals surface area (Å²) >= 11 is 1.26. The highest BCUT2D eigenvalue weighted by atomic mass is 32.1. The van der Waals surface area contributed by atoms with Crippen molar-refractivity contribution in [2.24, 2.45) is 0 Å². The average Bonchev–Trinajstić information content (AvgIpc) is 4.13. The zero-order valence-electron chi connectivity index (χ0n) is 35.8. The Morgan fingerprint density at radius 1 is 0.909 bits per heavy atom. The first kappa shape index (κ1) is 43.1. The van der Waals surface area contributed by atoms with Crippen molar-refractivity contribution < 1.29 is 37.9 Å². The van der Waals surface area contributed by atoms with Crippen molar-refractivity contribution in [3.05, 3.63) is 101 Å². The number of thiazole rings is 1. The Kier molecular flexibility index (Phi) is 11.5. The van der Waals surface area contributed by atoms with Gasteiger partial charge in [-0.2, -0.15) is 0 Å². The molecule has 5 amide bonds. The van der Waals surface area contributed by atoms with Gasteiger partial charge in [0.15, 0.2) is 11.2 Å². The number of amides is 5. The van der Waals surface area contributed by atoms with Crippen LogP contribution < -0.4 is 25.8 Å². The van der Waals surface area contributed by atoms with Gasteiger partial charge in [0.2, 0.25) is 17.7 Å². The van der Waals surface area contributed by atoms with E-state index in [1.807, 2.05) is 21.6 Å². The predicted molar refractivity (Wildman–Crippen MR) is 240 cm³/mol. The number of carbonyl (C=O) groups is 5. The van der Waals surface area contributed by atoms with Gasteiger partial charge in [-0.05, 0) is 80.1 Å². The first-order valence-electron chi connectivity index (χ1n) is 22.1. The number of fused-ring (bicyclic) bond motifs is 2. The Hall–Kier alpha value is -6.80. The highest BCUT2D eigenvalue weighted by Gasteiger charge is 2.43. The van der Waals surface area contributed by atoms with Crippen molar-refractivity contribution in [3.63, 3.8) is 0 Å². The zero-order chi connectivity index (χ0) is 45.7. The van der Waals surface area contributed by atoms with Crippen LogP contribution in [-0.2, 0) is 38.7 Å². The lowest BCUT2D eigenvalue weighted by Gasteiger charge is -2.41. The molecule has 0 aliphatic carbocycles. The lowest BCUT2D eigenvalue weighted by atomic mass is 9.87. The molecule has 17 nitrogen and oxygen atoms in total. The van der Waals surface area contributed by atoms with Gasteiger partial charge in [0, 0.05) is 98.1 Å². The number of imide groups is 1. The Morgan fingerprint density at radius 3 is 2.45 bits per heavy atom. The third-order valence-electron chi connectivity index (χ3n) is 13.4. The van der Waals surface area contributed by atoms with Crippen molar-refractivity contribution in [3.8, 4) is 11.1 Å². The average molecular weight is 920 g/mol. The second-order valence-electron chi connectivity index (χ2n) is 17.5. The lowest BCUT2D eigenvalue weighted by Crippen LogP contribution is -2.52. The van der Waals surface area contributed by atoms with E-state index in [-0.39, 0.29) is 55.2 Å². The molecule has 66 heavy (non-hydrogen) atoms. The van der Waals surface area contributed by atoms with Crippen LogP contribution in [0.25, 0.3) is 11.1 Å². The number of aromatic nitrogens is 4. The number of carbonyl (C=O) groups excluding carboxylic acids is 5. The van der Waals surface area contributed by atoms with Gasteiger partial charge in [0.1, 0.15) is 23.5 Å². The van der Waals surface area contributed by atoms with E-state index >= 15 is 8.78 Å². The summed E-state index contributed by atoms with van der Waals surface area (Å²) in [6.45, 7) is 3.24. The number of halogens is 2. The van der Waals surface area contributed by atoms with E-state index in [4.69, 9.17) is 0 Å². The summed E-state index contributed by atoms with van der Waals surface area (Å²) in [4.78, 5) is 85.5. The van der Waals surface area contributed by atoms with Gasteiger partial charge < -0.3 is 34.6 Å². The second kappa shape index (κ2) is 17.5. The van der Waals surface area contributed by atoms with Crippen molar-refractivity contribution in [1.29, 1.82) is 0 Å². The van der Waals surface area contributed by atoms with Crippen LogP contribution in [0.1, 0.15) is 71.9 Å². The van der Waals surface area contributed by atoms with Gasteiger partial charge in [-0.25, -0.2) is 23.7 Å². The molecule has 10 rings (SSSR count). The van der Waals surface area contributed by atoms with Crippen LogP contribution >= 0.6 is 11.3 Å². The van der Waals surface area contributed by atoms with Crippen molar-refractivity contribution >= 4 is 63.2 Å². The van der Waals surface area contributed by atoms with Gasteiger partial charge in [-0.15, -0.1) is 11.3 Å². The van der Waals surface area contributed by atoms with E-state index in [9.17, 15) is 29.1 Å². The molecule has 0 radical (unpaired) electrons. The summed E-state index contributed by atoms with van der Waals surface area (Å²) in [5.74, 6) is -2.23. The SMILES string of the molecule is O=C1CC[C@@H](Nc2ccc(N3CCC(O)(CC(=O)N4CCN(c5ccc(-c6cc(F)c7c(c6)C(=O)N(C(C(=O)Nc6nccs6)c6ncn8c6CCC8)C7)cn5)CC4)CC3)c(F)c2)C(=O)N1. The van der Waals surface area contributed by atoms with Crippen molar-refractivity contribution in [1.82, 2.24) is 34.6 Å². The van der Waals surface area contributed by atoms with Gasteiger partial charge in [0.05, 0.1) is 36.3 Å². The molecule has 0 bridgehead atoms. The Morgan fingerprint density at radius 2 is 1.73 bits per heavy atom. The highest BCUT2D eigenvalue weighted by molar-refractivity contribution is 7.13. The van der Waals surface area contributed by atoms with Crippen LogP contribution in [0.4, 0.5) is 31.1 Å². The summed E-state index contributed by atoms with van der Waals surface area (Å²) in [6, 6.07) is 9.58. The zero-order valence-corrected chi connectivity index (χ0v) is 36.7. The van der Waals surface area contributed by atoms with Crippen LogP contribution in [0.2, 0.25) is 0 Å². The summed E-state index contributed by atoms with van der Waals surface area (Å²) in [7, 11) is 0. The first-order chi connectivity index (χ1) is 31.9. The minimum Gasteiger partial charge on any atom is -0.389 e. The number of hydrogen-bond donors (Lipinski definition) is 4. The largest absolute Gasteiger partial charge is 0.389 e. The first-order valence-corrected chi connectivity index (χ1v) is 23.0. The van der Waals surface area contributed by atoms with Gasteiger partial charge in [-0.1, -0.05) is 0 Å². The normalized spacial score (nSPS) is 19.7. The maximum atomic E-state index is 15.9. The minimum absolute atomic E-state index is 0.0470. The van der Waals surface area contributed by atoms with Gasteiger partial charge >= 0.3 is 0 Å². The second-order valence-corrected chi connectivity index (χ2v) is 18.4. The number of piperazine rings is 1. The topological polar surface area (TPSA) is 198 Å². The Balaban J connectivity index is 0.735. The number of benzene rings is 2. The number of imidazole rings is 1. The van der Waals surface area contributed by atoms with E-state index in [0.717, 1.165) is 18.7 Å². The molecule has 2 aromatic carbocycles. The fourth-order valence-electron chi connectivity index (χ4n) is 9.71. The number of aliphatic hydroxyl groups is 1. The van der Waals surface area contributed by atoms with E-state index < -0.39 is 47.0 Å². The summed E-state index contributed by atoms with van der Waals surface area (Å²) in [5.41, 5.74) is 2.37. The third kappa shape index (κ3) is 8.45. The summed E-state index contributed by atoms with van der Waals surface area (Å²) in [6.07, 6.45) is 7.55.